The highest BCUT2D eigenvalue weighted by atomic mass is 15.2. The van der Waals surface area contributed by atoms with Crippen molar-refractivity contribution in [1.82, 2.24) is 14.1 Å². The first kappa shape index (κ1) is 73.2. The van der Waals surface area contributed by atoms with Crippen LogP contribution in [0.3, 0.4) is 0 Å². The Balaban J connectivity index is 0.000000111. The van der Waals surface area contributed by atoms with Crippen LogP contribution in [0.1, 0.15) is 53.1 Å². The summed E-state index contributed by atoms with van der Waals surface area (Å²) in [5, 5.41) is 6.43. The van der Waals surface area contributed by atoms with Gasteiger partial charge in [0.25, 0.3) is 0 Å². The van der Waals surface area contributed by atoms with Crippen LogP contribution in [-0.4, -0.2) is 27.2 Å². The first-order chi connectivity index (χ1) is 54.5. The van der Waals surface area contributed by atoms with Crippen LogP contribution in [-0.2, 0) is 0 Å². The van der Waals surface area contributed by atoms with E-state index in [1.54, 1.807) is 0 Å². The van der Waals surface area contributed by atoms with Gasteiger partial charge in [0.05, 0.1) is 39.5 Å². The molecule has 6 nitrogen and oxygen atoms in total. The molecule has 1 aliphatic rings. The quantitative estimate of drug-likeness (QED) is 0.129. The molecule has 19 rings (SSSR count). The van der Waals surface area contributed by atoms with Crippen LogP contribution in [0.5, 0.6) is 0 Å². The number of nitrogens with zero attached hydrogens (tertiary/aromatic N) is 6. The Morgan fingerprint density at radius 2 is 0.640 bits per heavy atom. The minimum Gasteiger partial charge on any atom is -0.370 e. The highest BCUT2D eigenvalue weighted by Crippen LogP contribution is 2.39. The van der Waals surface area contributed by atoms with Crippen molar-refractivity contribution < 1.29 is 0 Å². The van der Waals surface area contributed by atoms with Gasteiger partial charge in [-0.25, -0.2) is 0 Å². The predicted octanol–water partition coefficient (Wildman–Crippen LogP) is 28.5. The Labute approximate surface area is 654 Å². The number of pyridine rings is 1. The van der Waals surface area contributed by atoms with Crippen LogP contribution >= 0.6 is 0 Å². The second-order valence-corrected chi connectivity index (χ2v) is 29.2. The fraction of sp³-hybridized carbons (Fsp3) is 0.114. The molecule has 0 unspecified atom stereocenters. The largest absolute Gasteiger partial charge is 0.370 e. The molecule has 18 aromatic rings. The van der Waals surface area contributed by atoms with Crippen molar-refractivity contribution in [3.05, 3.63) is 422 Å². The monoisotopic (exact) mass is 1440 g/mol. The lowest BCUT2D eigenvalue weighted by molar-refractivity contribution is 0.438. The number of piperidine rings is 1. The van der Waals surface area contributed by atoms with E-state index in [9.17, 15) is 0 Å². The Kier molecular flexibility index (Phi) is 22.6. The molecule has 0 aliphatic carbocycles. The van der Waals surface area contributed by atoms with E-state index in [1.807, 2.05) is 36.5 Å². The molecule has 0 N–H and O–H groups in total. The molecular formula is C105H94N6. The Bertz CT molecular complexity index is 5910. The molecule has 3 aromatic heterocycles. The third-order valence-electron chi connectivity index (χ3n) is 21.1. The number of hydrogen-bond acceptors (Lipinski definition) is 4. The van der Waals surface area contributed by atoms with E-state index in [2.05, 4.69) is 429 Å². The van der Waals surface area contributed by atoms with Crippen molar-refractivity contribution in [3.63, 3.8) is 0 Å². The molecular weight excluding hydrogens is 1350 g/mol. The minimum atomic E-state index is 0.875. The van der Waals surface area contributed by atoms with Gasteiger partial charge < -0.3 is 23.8 Å². The van der Waals surface area contributed by atoms with E-state index in [0.717, 1.165) is 11.4 Å². The summed E-state index contributed by atoms with van der Waals surface area (Å²) < 4.78 is 4.73. The molecule has 6 heteroatoms. The maximum Gasteiger partial charge on any atom is 0.0703 e. The maximum atomic E-state index is 4.53. The normalized spacial score (nSPS) is 11.9. The number of anilines is 7. The van der Waals surface area contributed by atoms with Gasteiger partial charge in [0.15, 0.2) is 0 Å². The van der Waals surface area contributed by atoms with E-state index in [1.165, 1.54) is 182 Å². The number of aryl methyl sites for hydroxylation is 6. The van der Waals surface area contributed by atoms with Crippen LogP contribution in [0, 0.1) is 47.5 Å². The molecule has 0 bridgehead atoms. The number of fused-ring (bicyclic) bond motifs is 7. The topological polar surface area (TPSA) is 32.5 Å². The van der Waals surface area contributed by atoms with Gasteiger partial charge in [-0.3, -0.25) is 4.98 Å². The van der Waals surface area contributed by atoms with Gasteiger partial charge in [0, 0.05) is 85.5 Å². The highest BCUT2D eigenvalue weighted by Gasteiger charge is 2.19. The van der Waals surface area contributed by atoms with E-state index >= 15 is 0 Å². The summed E-state index contributed by atoms with van der Waals surface area (Å²) in [5.74, 6) is 0.875. The van der Waals surface area contributed by atoms with Gasteiger partial charge in [-0.05, 0) is 233 Å². The number of rotatable bonds is 11. The Morgan fingerprint density at radius 1 is 0.279 bits per heavy atom. The standard InChI is InChI=1S/C27H23N.C25H19N.2C19H17N.C15H18N2/c1-18-12-14-22(19(2)16-18)23-15-13-21(17-20(23)3)28-26-10-6-4-8-24(26)25-9-5-7-11-27(25)28;1-18-10-12-19(13-11-18)20-14-16-21(17-15-20)26-24-8-4-2-6-22(24)23-7-3-5-9-25(23)26;1-16-9-8-14-19(15-16)20(17-10-4-2-5-11-17)18-12-6-3-7-13-18;1-16-12-14-19(15-13-16)20(17-8-4-2-5-9-17)18-10-6-3-7-11-18;1-12-6-8-17(9-7-12)14-10-13-4-2-3-5-15(13)16-11-14/h4-17H,1-3H3;2-17H,1H3;2*2-15H,1H3;2-5,10-12H,6-9H2,1H3. The van der Waals surface area contributed by atoms with Crippen molar-refractivity contribution >= 4 is 94.3 Å². The Hall–Kier alpha value is -13.3. The van der Waals surface area contributed by atoms with Crippen molar-refractivity contribution in [3.8, 4) is 33.6 Å². The third kappa shape index (κ3) is 16.9. The molecule has 15 aromatic carbocycles. The lowest BCUT2D eigenvalue weighted by Crippen LogP contribution is -2.32. The van der Waals surface area contributed by atoms with Gasteiger partial charge >= 0.3 is 0 Å². The molecule has 1 aliphatic heterocycles. The first-order valence-electron chi connectivity index (χ1n) is 38.8. The van der Waals surface area contributed by atoms with Crippen LogP contribution < -0.4 is 14.7 Å². The zero-order valence-corrected chi connectivity index (χ0v) is 64.5. The fourth-order valence-corrected chi connectivity index (χ4v) is 15.3. The van der Waals surface area contributed by atoms with E-state index < -0.39 is 0 Å². The Morgan fingerprint density at radius 3 is 1.11 bits per heavy atom. The third-order valence-corrected chi connectivity index (χ3v) is 21.1. The highest BCUT2D eigenvalue weighted by molar-refractivity contribution is 6.10. The molecule has 0 radical (unpaired) electrons. The summed E-state index contributed by atoms with van der Waals surface area (Å²) in [6.45, 7) is 17.6. The minimum absolute atomic E-state index is 0.875. The molecule has 111 heavy (non-hydrogen) atoms. The number of aromatic nitrogens is 3. The average Bonchev–Trinajstić information content (AvgIpc) is 1.61. The van der Waals surface area contributed by atoms with E-state index in [0.29, 0.717) is 0 Å². The van der Waals surface area contributed by atoms with Gasteiger partial charge in [-0.1, -0.05) is 272 Å². The molecule has 0 saturated carbocycles. The van der Waals surface area contributed by atoms with Gasteiger partial charge in [0.1, 0.15) is 0 Å². The molecule has 1 fully saturated rings. The zero-order chi connectivity index (χ0) is 76.0. The smallest absolute Gasteiger partial charge is 0.0703 e. The van der Waals surface area contributed by atoms with Crippen molar-refractivity contribution in [2.75, 3.05) is 27.8 Å². The molecule has 0 spiro atoms. The summed E-state index contributed by atoms with van der Waals surface area (Å²) >= 11 is 0. The van der Waals surface area contributed by atoms with Crippen molar-refractivity contribution in [2.24, 2.45) is 5.92 Å². The lowest BCUT2D eigenvalue weighted by atomic mass is 9.95. The number of hydrogen-bond donors (Lipinski definition) is 0. The van der Waals surface area contributed by atoms with E-state index in [4.69, 9.17) is 0 Å². The van der Waals surface area contributed by atoms with Crippen LogP contribution in [0.15, 0.2) is 388 Å². The zero-order valence-electron chi connectivity index (χ0n) is 64.5. The summed E-state index contributed by atoms with van der Waals surface area (Å²) in [5.41, 5.74) is 29.7. The molecule has 1 saturated heterocycles. The molecule has 4 heterocycles. The molecule has 0 amide bonds. The molecule has 0 atom stereocenters. The second kappa shape index (κ2) is 34.3. The van der Waals surface area contributed by atoms with Crippen molar-refractivity contribution in [2.45, 2.75) is 61.3 Å². The summed E-state index contributed by atoms with van der Waals surface area (Å²) in [6, 6.07) is 135. The van der Waals surface area contributed by atoms with Crippen LogP contribution in [0.4, 0.5) is 39.8 Å². The van der Waals surface area contributed by atoms with Crippen LogP contribution in [0.2, 0.25) is 0 Å². The summed E-state index contributed by atoms with van der Waals surface area (Å²) in [4.78, 5) is 11.5. The average molecular weight is 1440 g/mol. The van der Waals surface area contributed by atoms with Gasteiger partial charge in [0.2, 0.25) is 0 Å². The predicted molar refractivity (Wildman–Crippen MR) is 475 cm³/mol. The van der Waals surface area contributed by atoms with E-state index in [-0.39, 0.29) is 0 Å². The SMILES string of the molecule is CC1CCN(c2cnc3ccccc3c2)CC1.Cc1ccc(-c2ccc(-n3c4ccccc4c4ccccc43)cc2)cc1.Cc1ccc(-c2ccc(-n3c4ccccc4c4ccccc43)cc2C)c(C)c1.Cc1ccc(N(c2ccccc2)c2ccccc2)cc1.Cc1cccc(N(c2ccccc2)c2ccccc2)c1. The first-order valence-corrected chi connectivity index (χ1v) is 38.8. The summed E-state index contributed by atoms with van der Waals surface area (Å²) in [7, 11) is 0. The lowest BCUT2D eigenvalue weighted by Gasteiger charge is -2.32. The molecule has 544 valence electrons. The number of para-hydroxylation sites is 9. The fourth-order valence-electron chi connectivity index (χ4n) is 15.3. The second-order valence-electron chi connectivity index (χ2n) is 29.2. The van der Waals surface area contributed by atoms with Gasteiger partial charge in [-0.15, -0.1) is 0 Å². The maximum absolute atomic E-state index is 4.53. The van der Waals surface area contributed by atoms with Crippen molar-refractivity contribution in [1.29, 1.82) is 0 Å². The van der Waals surface area contributed by atoms with Crippen LogP contribution in [0.25, 0.3) is 88.1 Å². The summed E-state index contributed by atoms with van der Waals surface area (Å²) in [6.07, 6.45) is 4.61. The van der Waals surface area contributed by atoms with Gasteiger partial charge in [-0.2, -0.15) is 0 Å². The number of benzene rings is 15.